The van der Waals surface area contributed by atoms with E-state index in [9.17, 15) is 4.79 Å². The van der Waals surface area contributed by atoms with Gasteiger partial charge in [0.25, 0.3) is 0 Å². The first-order valence-corrected chi connectivity index (χ1v) is 9.99. The Kier molecular flexibility index (Phi) is 5.00. The van der Waals surface area contributed by atoms with Crippen molar-refractivity contribution >= 4 is 17.5 Å². The van der Waals surface area contributed by atoms with Crippen molar-refractivity contribution in [3.05, 3.63) is 0 Å². The van der Waals surface area contributed by atoms with Crippen LogP contribution < -0.4 is 0 Å². The topological polar surface area (TPSA) is 26.3 Å². The second kappa shape index (κ2) is 6.62. The molecular formula is C18H30O2S. The summed E-state index contributed by atoms with van der Waals surface area (Å²) in [6.45, 7) is 5.52. The van der Waals surface area contributed by atoms with Gasteiger partial charge in [-0.15, -0.1) is 0 Å². The molecule has 0 bridgehead atoms. The number of carbonyl (C=O) groups excluding carboxylic acids is 1. The zero-order valence-corrected chi connectivity index (χ0v) is 14.4. The Hall–Kier alpha value is -0.0200. The Bertz CT molecular complexity index is 368. The highest BCUT2D eigenvalue weighted by atomic mass is 32.2. The Morgan fingerprint density at radius 2 is 2.00 bits per heavy atom. The molecule has 3 unspecified atom stereocenters. The summed E-state index contributed by atoms with van der Waals surface area (Å²) in [7, 11) is 0. The molecule has 1 spiro atoms. The molecule has 0 aromatic rings. The van der Waals surface area contributed by atoms with E-state index in [-0.39, 0.29) is 5.60 Å². The zero-order chi connectivity index (χ0) is 14.9. The van der Waals surface area contributed by atoms with E-state index in [4.69, 9.17) is 4.74 Å². The maximum atomic E-state index is 12.5. The number of ketones is 1. The van der Waals surface area contributed by atoms with Crippen molar-refractivity contribution < 1.29 is 9.53 Å². The van der Waals surface area contributed by atoms with Crippen LogP contribution in [-0.2, 0) is 9.53 Å². The molecule has 0 radical (unpaired) electrons. The van der Waals surface area contributed by atoms with E-state index in [0.29, 0.717) is 17.6 Å². The largest absolute Gasteiger partial charge is 0.375 e. The van der Waals surface area contributed by atoms with Crippen LogP contribution in [0.3, 0.4) is 0 Å². The molecular weight excluding hydrogens is 280 g/mol. The van der Waals surface area contributed by atoms with Gasteiger partial charge < -0.3 is 4.74 Å². The number of carbonyl (C=O) groups is 1. The number of Topliss-reactive ketones (excluding diaryl/α,β-unsaturated/α-hetero) is 1. The van der Waals surface area contributed by atoms with E-state index in [2.05, 4.69) is 25.6 Å². The highest BCUT2D eigenvalue weighted by molar-refractivity contribution is 7.99. The van der Waals surface area contributed by atoms with Crippen LogP contribution in [0.2, 0.25) is 0 Å². The second-order valence-electron chi connectivity index (χ2n) is 7.75. The van der Waals surface area contributed by atoms with Crippen LogP contribution >= 0.6 is 11.8 Å². The summed E-state index contributed by atoms with van der Waals surface area (Å²) in [6, 6.07) is 0. The first kappa shape index (κ1) is 15.9. The molecule has 0 aromatic carbocycles. The van der Waals surface area contributed by atoms with Crippen molar-refractivity contribution in [1.29, 1.82) is 0 Å². The minimum atomic E-state index is 0.124. The van der Waals surface area contributed by atoms with E-state index in [1.54, 1.807) is 0 Å². The zero-order valence-electron chi connectivity index (χ0n) is 13.6. The van der Waals surface area contributed by atoms with Crippen LogP contribution in [0, 0.1) is 23.7 Å². The highest BCUT2D eigenvalue weighted by Crippen LogP contribution is 2.45. The van der Waals surface area contributed by atoms with Gasteiger partial charge in [0.1, 0.15) is 5.78 Å². The van der Waals surface area contributed by atoms with Gasteiger partial charge in [-0.3, -0.25) is 4.79 Å². The van der Waals surface area contributed by atoms with Gasteiger partial charge in [-0.2, -0.15) is 11.8 Å². The number of hydrogen-bond acceptors (Lipinski definition) is 3. The van der Waals surface area contributed by atoms with E-state index in [0.717, 1.165) is 50.5 Å². The summed E-state index contributed by atoms with van der Waals surface area (Å²) in [5, 5.41) is 0. The van der Waals surface area contributed by atoms with Crippen molar-refractivity contribution in [2.45, 2.75) is 64.4 Å². The molecule has 3 aliphatic rings. The van der Waals surface area contributed by atoms with E-state index in [1.165, 1.54) is 24.3 Å². The van der Waals surface area contributed by atoms with Gasteiger partial charge >= 0.3 is 0 Å². The predicted molar refractivity (Wildman–Crippen MR) is 88.6 cm³/mol. The van der Waals surface area contributed by atoms with Crippen LogP contribution in [-0.4, -0.2) is 29.5 Å². The minimum Gasteiger partial charge on any atom is -0.375 e. The minimum absolute atomic E-state index is 0.124. The monoisotopic (exact) mass is 310 g/mol. The third kappa shape index (κ3) is 3.50. The number of ether oxygens (including phenoxy) is 1. The molecule has 1 saturated carbocycles. The Morgan fingerprint density at radius 3 is 2.71 bits per heavy atom. The molecule has 3 atom stereocenters. The average molecular weight is 311 g/mol. The fourth-order valence-electron chi connectivity index (χ4n) is 4.65. The van der Waals surface area contributed by atoms with Crippen LogP contribution in [0.5, 0.6) is 0 Å². The van der Waals surface area contributed by atoms with E-state index in [1.807, 2.05) is 0 Å². The Balaban J connectivity index is 1.68. The molecule has 2 heterocycles. The van der Waals surface area contributed by atoms with Gasteiger partial charge in [0.15, 0.2) is 0 Å². The number of hydrogen-bond donors (Lipinski definition) is 0. The SMILES string of the molecule is CC(C)C1CCC(=O)C(C2CCOC3(CCSCC3)C2)C1. The smallest absolute Gasteiger partial charge is 0.136 e. The summed E-state index contributed by atoms with van der Waals surface area (Å²) in [5.41, 5.74) is 0.124. The first-order valence-electron chi connectivity index (χ1n) is 8.84. The van der Waals surface area contributed by atoms with Crippen LogP contribution in [0.15, 0.2) is 0 Å². The van der Waals surface area contributed by atoms with E-state index >= 15 is 0 Å². The average Bonchev–Trinajstić information content (AvgIpc) is 2.48. The van der Waals surface area contributed by atoms with Gasteiger partial charge in [-0.25, -0.2) is 0 Å². The van der Waals surface area contributed by atoms with Gasteiger partial charge in [0.05, 0.1) is 5.60 Å². The van der Waals surface area contributed by atoms with Gasteiger partial charge in [0.2, 0.25) is 0 Å². The quantitative estimate of drug-likeness (QED) is 0.760. The van der Waals surface area contributed by atoms with Crippen molar-refractivity contribution in [1.82, 2.24) is 0 Å². The van der Waals surface area contributed by atoms with Crippen LogP contribution in [0.1, 0.15) is 58.8 Å². The summed E-state index contributed by atoms with van der Waals surface area (Å²) in [6.07, 6.45) is 7.74. The molecule has 3 heteroatoms. The normalized spacial score (nSPS) is 37.1. The molecule has 21 heavy (non-hydrogen) atoms. The molecule has 3 fully saturated rings. The standard InChI is InChI=1S/C18H30O2S/c1-13(2)14-3-4-17(19)16(11-14)15-5-8-20-18(12-15)6-9-21-10-7-18/h13-16H,3-12H2,1-2H3. The number of thioether (sulfide) groups is 1. The predicted octanol–water partition coefficient (Wildman–Crippen LogP) is 4.32. The molecule has 0 amide bonds. The van der Waals surface area contributed by atoms with Crippen LogP contribution in [0.4, 0.5) is 0 Å². The molecule has 1 aliphatic carbocycles. The molecule has 2 nitrogen and oxygen atoms in total. The highest BCUT2D eigenvalue weighted by Gasteiger charge is 2.44. The molecule has 120 valence electrons. The Morgan fingerprint density at radius 1 is 1.24 bits per heavy atom. The van der Waals surface area contributed by atoms with Gasteiger partial charge in [0, 0.05) is 18.9 Å². The second-order valence-corrected chi connectivity index (χ2v) is 8.97. The summed E-state index contributed by atoms with van der Waals surface area (Å²) in [4.78, 5) is 12.5. The summed E-state index contributed by atoms with van der Waals surface area (Å²) >= 11 is 2.06. The van der Waals surface area contributed by atoms with Crippen molar-refractivity contribution in [2.75, 3.05) is 18.1 Å². The maximum Gasteiger partial charge on any atom is 0.136 e. The van der Waals surface area contributed by atoms with Crippen LogP contribution in [0.25, 0.3) is 0 Å². The summed E-state index contributed by atoms with van der Waals surface area (Å²) < 4.78 is 6.21. The maximum absolute atomic E-state index is 12.5. The third-order valence-corrected chi connectivity index (χ3v) is 7.16. The molecule has 2 saturated heterocycles. The lowest BCUT2D eigenvalue weighted by Crippen LogP contribution is -2.46. The third-order valence-electron chi connectivity index (χ3n) is 6.18. The van der Waals surface area contributed by atoms with Crippen molar-refractivity contribution in [2.24, 2.45) is 23.7 Å². The molecule has 0 aromatic heterocycles. The molecule has 2 aliphatic heterocycles. The Labute approximate surface area is 133 Å². The van der Waals surface area contributed by atoms with Gasteiger partial charge in [-0.1, -0.05) is 13.8 Å². The lowest BCUT2D eigenvalue weighted by molar-refractivity contribution is -0.138. The fraction of sp³-hybridized carbons (Fsp3) is 0.944. The lowest BCUT2D eigenvalue weighted by Gasteiger charge is -2.46. The fourth-order valence-corrected chi connectivity index (χ4v) is 5.89. The molecule has 0 N–H and O–H groups in total. The summed E-state index contributed by atoms with van der Waals surface area (Å²) in [5.74, 6) is 5.44. The lowest BCUT2D eigenvalue weighted by atomic mass is 9.66. The van der Waals surface area contributed by atoms with Crippen molar-refractivity contribution in [3.63, 3.8) is 0 Å². The molecule has 3 rings (SSSR count). The van der Waals surface area contributed by atoms with E-state index < -0.39 is 0 Å². The first-order chi connectivity index (χ1) is 10.1. The van der Waals surface area contributed by atoms with Crippen molar-refractivity contribution in [3.8, 4) is 0 Å². The van der Waals surface area contributed by atoms with Gasteiger partial charge in [-0.05, 0) is 67.8 Å². The number of rotatable bonds is 2.